The van der Waals surface area contributed by atoms with Crippen molar-refractivity contribution in [2.24, 2.45) is 17.3 Å². The Balaban J connectivity index is 2.17. The molecule has 17 heavy (non-hydrogen) atoms. The van der Waals surface area contributed by atoms with Crippen molar-refractivity contribution in [3.8, 4) is 0 Å². The molecule has 1 N–H and O–H groups in total. The van der Waals surface area contributed by atoms with Gasteiger partial charge in [0.25, 0.3) is 0 Å². The van der Waals surface area contributed by atoms with Crippen LogP contribution in [-0.2, 0) is 0 Å². The van der Waals surface area contributed by atoms with Crippen LogP contribution in [-0.4, -0.2) is 10.7 Å². The molecule has 0 aromatic heterocycles. The number of hydrogen-bond donors (Lipinski definition) is 1. The van der Waals surface area contributed by atoms with E-state index in [9.17, 15) is 5.11 Å². The Kier molecular flexibility index (Phi) is 3.87. The maximum Gasteiger partial charge on any atom is 0.0708 e. The highest BCUT2D eigenvalue weighted by Crippen LogP contribution is 2.50. The van der Waals surface area contributed by atoms with Crippen LogP contribution in [0.2, 0.25) is 0 Å². The summed E-state index contributed by atoms with van der Waals surface area (Å²) in [5, 5.41) is 11.3. The van der Waals surface area contributed by atoms with Crippen molar-refractivity contribution in [1.29, 1.82) is 0 Å². The molecule has 2 saturated carbocycles. The lowest BCUT2D eigenvalue weighted by molar-refractivity contribution is -0.136. The molecule has 100 valence electrons. The molecule has 0 saturated heterocycles. The maximum atomic E-state index is 11.3. The van der Waals surface area contributed by atoms with Gasteiger partial charge in [0, 0.05) is 0 Å². The quantitative estimate of drug-likeness (QED) is 0.711. The summed E-state index contributed by atoms with van der Waals surface area (Å²) in [6.07, 6.45) is 11.4. The van der Waals surface area contributed by atoms with E-state index in [0.717, 1.165) is 6.42 Å². The van der Waals surface area contributed by atoms with Crippen molar-refractivity contribution in [3.63, 3.8) is 0 Å². The van der Waals surface area contributed by atoms with Gasteiger partial charge in [-0.25, -0.2) is 0 Å². The Labute approximate surface area is 107 Å². The third kappa shape index (κ3) is 2.70. The van der Waals surface area contributed by atoms with Crippen molar-refractivity contribution in [3.05, 3.63) is 0 Å². The van der Waals surface area contributed by atoms with Gasteiger partial charge in [0.15, 0.2) is 0 Å². The van der Waals surface area contributed by atoms with Crippen LogP contribution >= 0.6 is 0 Å². The number of hydrogen-bond acceptors (Lipinski definition) is 1. The van der Waals surface area contributed by atoms with Gasteiger partial charge in [-0.2, -0.15) is 0 Å². The van der Waals surface area contributed by atoms with Crippen LogP contribution in [0, 0.1) is 17.3 Å². The Morgan fingerprint density at radius 3 is 2.06 bits per heavy atom. The van der Waals surface area contributed by atoms with Crippen LogP contribution in [0.1, 0.15) is 78.6 Å². The Morgan fingerprint density at radius 2 is 1.47 bits per heavy atom. The molecule has 0 radical (unpaired) electrons. The van der Waals surface area contributed by atoms with E-state index in [1.54, 1.807) is 0 Å². The summed E-state index contributed by atoms with van der Waals surface area (Å²) in [7, 11) is 0. The zero-order chi connectivity index (χ0) is 12.5. The second kappa shape index (κ2) is 4.91. The largest absolute Gasteiger partial charge is 0.389 e. The normalized spacial score (nSPS) is 37.1. The Bertz CT molecular complexity index is 247. The van der Waals surface area contributed by atoms with Crippen LogP contribution < -0.4 is 0 Å². The van der Waals surface area contributed by atoms with E-state index in [-0.39, 0.29) is 11.0 Å². The molecule has 0 aromatic rings. The zero-order valence-electron chi connectivity index (χ0n) is 12.0. The summed E-state index contributed by atoms with van der Waals surface area (Å²) in [5.74, 6) is 1.09. The van der Waals surface area contributed by atoms with Gasteiger partial charge < -0.3 is 5.11 Å². The fourth-order valence-corrected chi connectivity index (χ4v) is 4.45. The first kappa shape index (κ1) is 13.4. The maximum absolute atomic E-state index is 11.3. The lowest BCUT2D eigenvalue weighted by Gasteiger charge is -2.51. The molecule has 0 amide bonds. The molecule has 0 aliphatic heterocycles. The summed E-state index contributed by atoms with van der Waals surface area (Å²) in [6, 6.07) is 0. The van der Waals surface area contributed by atoms with E-state index >= 15 is 0 Å². The minimum Gasteiger partial charge on any atom is -0.389 e. The predicted octanol–water partition coefficient (Wildman–Crippen LogP) is 4.53. The van der Waals surface area contributed by atoms with Crippen molar-refractivity contribution in [2.75, 3.05) is 0 Å². The first-order valence-corrected chi connectivity index (χ1v) is 7.67. The number of rotatable bonds is 1. The van der Waals surface area contributed by atoms with Crippen LogP contribution in [0.15, 0.2) is 0 Å². The van der Waals surface area contributed by atoms with Crippen molar-refractivity contribution < 1.29 is 5.11 Å². The fraction of sp³-hybridized carbons (Fsp3) is 1.00. The highest BCUT2D eigenvalue weighted by molar-refractivity contribution is 5.00. The highest BCUT2D eigenvalue weighted by atomic mass is 16.3. The summed E-state index contributed by atoms with van der Waals surface area (Å²) in [6.45, 7) is 6.95. The minimum atomic E-state index is -0.350. The predicted molar refractivity (Wildman–Crippen MR) is 72.9 cm³/mol. The topological polar surface area (TPSA) is 20.2 Å². The van der Waals surface area contributed by atoms with Gasteiger partial charge in [-0.15, -0.1) is 0 Å². The van der Waals surface area contributed by atoms with E-state index in [2.05, 4.69) is 20.8 Å². The lowest BCUT2D eigenvalue weighted by atomic mass is 9.57. The lowest BCUT2D eigenvalue weighted by Crippen LogP contribution is -2.52. The molecule has 1 heteroatoms. The Hall–Kier alpha value is -0.0400. The van der Waals surface area contributed by atoms with Gasteiger partial charge in [0.2, 0.25) is 0 Å². The molecule has 0 heterocycles. The molecule has 0 bridgehead atoms. The van der Waals surface area contributed by atoms with E-state index in [1.807, 2.05) is 0 Å². The van der Waals surface area contributed by atoms with Gasteiger partial charge in [-0.1, -0.05) is 52.9 Å². The molecule has 0 aromatic carbocycles. The van der Waals surface area contributed by atoms with E-state index in [4.69, 9.17) is 0 Å². The summed E-state index contributed by atoms with van der Waals surface area (Å²) in [5.41, 5.74) is -0.0937. The molecule has 2 atom stereocenters. The molecule has 2 unspecified atom stereocenters. The molecule has 2 rings (SSSR count). The first-order chi connectivity index (χ1) is 7.94. The van der Waals surface area contributed by atoms with Crippen LogP contribution in [0.25, 0.3) is 0 Å². The standard InChI is InChI=1S/C16H30O/c1-15(2,3)14-11-7-8-12-16(14,17)13-9-5-4-6-10-13/h13-14,17H,4-12H2,1-3H3. The van der Waals surface area contributed by atoms with Crippen molar-refractivity contribution >= 4 is 0 Å². The van der Waals surface area contributed by atoms with Gasteiger partial charge >= 0.3 is 0 Å². The zero-order valence-corrected chi connectivity index (χ0v) is 12.0. The van der Waals surface area contributed by atoms with Crippen molar-refractivity contribution in [2.45, 2.75) is 84.2 Å². The summed E-state index contributed by atoms with van der Waals surface area (Å²) < 4.78 is 0. The van der Waals surface area contributed by atoms with Crippen LogP contribution in [0.4, 0.5) is 0 Å². The van der Waals surface area contributed by atoms with Crippen LogP contribution in [0.5, 0.6) is 0 Å². The van der Waals surface area contributed by atoms with Crippen molar-refractivity contribution in [1.82, 2.24) is 0 Å². The number of aliphatic hydroxyl groups is 1. The first-order valence-electron chi connectivity index (χ1n) is 7.67. The molecule has 2 aliphatic carbocycles. The minimum absolute atomic E-state index is 0.257. The monoisotopic (exact) mass is 238 g/mol. The van der Waals surface area contributed by atoms with E-state index < -0.39 is 0 Å². The molecule has 1 nitrogen and oxygen atoms in total. The Morgan fingerprint density at radius 1 is 0.882 bits per heavy atom. The molecule has 0 spiro atoms. The smallest absolute Gasteiger partial charge is 0.0708 e. The van der Waals surface area contributed by atoms with Gasteiger partial charge in [-0.3, -0.25) is 0 Å². The average Bonchev–Trinajstić information content (AvgIpc) is 2.29. The summed E-state index contributed by atoms with van der Waals surface area (Å²) in [4.78, 5) is 0. The summed E-state index contributed by atoms with van der Waals surface area (Å²) >= 11 is 0. The molecular formula is C16H30O. The molecular weight excluding hydrogens is 208 g/mol. The third-order valence-electron chi connectivity index (χ3n) is 5.28. The second-order valence-electron chi connectivity index (χ2n) is 7.49. The third-order valence-corrected chi connectivity index (χ3v) is 5.28. The van der Waals surface area contributed by atoms with Crippen LogP contribution in [0.3, 0.4) is 0 Å². The SMILES string of the molecule is CC(C)(C)C1CCCCC1(O)C1CCCCC1. The van der Waals surface area contributed by atoms with E-state index in [0.29, 0.717) is 11.8 Å². The second-order valence-corrected chi connectivity index (χ2v) is 7.49. The van der Waals surface area contributed by atoms with Gasteiger partial charge in [-0.05, 0) is 42.9 Å². The van der Waals surface area contributed by atoms with E-state index in [1.165, 1.54) is 51.4 Å². The molecule has 2 fully saturated rings. The fourth-order valence-electron chi connectivity index (χ4n) is 4.45. The highest BCUT2D eigenvalue weighted by Gasteiger charge is 2.49. The average molecular weight is 238 g/mol. The van der Waals surface area contributed by atoms with Gasteiger partial charge in [0.05, 0.1) is 5.60 Å². The van der Waals surface area contributed by atoms with Gasteiger partial charge in [0.1, 0.15) is 0 Å². The molecule has 2 aliphatic rings.